The number of fused-ring (bicyclic) bond motifs is 1. The maximum absolute atomic E-state index is 13.1. The Bertz CT molecular complexity index is 1020. The molecule has 0 unspecified atom stereocenters. The molecule has 1 fully saturated rings. The number of hydrogen-bond acceptors (Lipinski definition) is 4. The van der Waals surface area contributed by atoms with Crippen molar-refractivity contribution in [2.75, 3.05) is 6.26 Å². The Balaban J connectivity index is 1.79. The van der Waals surface area contributed by atoms with Gasteiger partial charge >= 0.3 is 0 Å². The van der Waals surface area contributed by atoms with Crippen LogP contribution in [0.15, 0.2) is 63.3 Å². The predicted octanol–water partition coefficient (Wildman–Crippen LogP) is 5.05. The Morgan fingerprint density at radius 1 is 1.07 bits per heavy atom. The molecule has 138 valence electrons. The van der Waals surface area contributed by atoms with E-state index in [2.05, 4.69) is 23.5 Å². The molecular weight excluding hydrogens is 354 g/mol. The Morgan fingerprint density at radius 3 is 2.56 bits per heavy atom. The van der Waals surface area contributed by atoms with E-state index in [-0.39, 0.29) is 5.56 Å². The molecule has 3 aromatic rings. The van der Waals surface area contributed by atoms with Gasteiger partial charge in [0.25, 0.3) is 5.56 Å². The van der Waals surface area contributed by atoms with E-state index >= 15 is 0 Å². The summed E-state index contributed by atoms with van der Waals surface area (Å²) in [5.74, 6) is 1.10. The SMILES string of the molecule is CSc1ccc(C=Nn2c(C3CCCCC3)nc3ccccc3c2=O)cc1. The van der Waals surface area contributed by atoms with Crippen molar-refractivity contribution in [2.24, 2.45) is 5.10 Å². The lowest BCUT2D eigenvalue weighted by Gasteiger charge is -2.22. The Hall–Kier alpha value is -2.40. The first kappa shape index (κ1) is 18.0. The van der Waals surface area contributed by atoms with E-state index in [0.717, 1.165) is 29.7 Å². The molecule has 4 rings (SSSR count). The quantitative estimate of drug-likeness (QED) is 0.472. The van der Waals surface area contributed by atoms with Crippen LogP contribution < -0.4 is 5.56 Å². The van der Waals surface area contributed by atoms with Gasteiger partial charge < -0.3 is 0 Å². The fourth-order valence-corrected chi connectivity index (χ4v) is 4.10. The summed E-state index contributed by atoms with van der Waals surface area (Å²) in [5.41, 5.74) is 1.65. The van der Waals surface area contributed by atoms with Gasteiger partial charge in [-0.05, 0) is 48.9 Å². The van der Waals surface area contributed by atoms with E-state index in [1.165, 1.54) is 28.8 Å². The third-order valence-electron chi connectivity index (χ3n) is 5.19. The van der Waals surface area contributed by atoms with Gasteiger partial charge in [0.15, 0.2) is 0 Å². The second-order valence-corrected chi connectivity index (χ2v) is 7.84. The normalized spacial score (nSPS) is 15.6. The average Bonchev–Trinajstić information content (AvgIpc) is 2.74. The lowest BCUT2D eigenvalue weighted by molar-refractivity contribution is 0.416. The van der Waals surface area contributed by atoms with Crippen LogP contribution in [-0.2, 0) is 0 Å². The van der Waals surface area contributed by atoms with E-state index in [0.29, 0.717) is 11.3 Å². The topological polar surface area (TPSA) is 47.2 Å². The van der Waals surface area contributed by atoms with Crippen LogP contribution in [0.25, 0.3) is 10.9 Å². The Labute approximate surface area is 163 Å². The molecule has 2 aromatic carbocycles. The van der Waals surface area contributed by atoms with Crippen molar-refractivity contribution in [1.29, 1.82) is 0 Å². The van der Waals surface area contributed by atoms with Gasteiger partial charge in [0.2, 0.25) is 0 Å². The van der Waals surface area contributed by atoms with Crippen molar-refractivity contribution in [3.8, 4) is 0 Å². The number of thioether (sulfide) groups is 1. The monoisotopic (exact) mass is 377 g/mol. The molecule has 0 spiro atoms. The molecule has 1 aliphatic rings. The van der Waals surface area contributed by atoms with Crippen molar-refractivity contribution in [1.82, 2.24) is 9.66 Å². The van der Waals surface area contributed by atoms with Gasteiger partial charge in [-0.1, -0.05) is 43.5 Å². The molecule has 1 aromatic heterocycles. The number of nitrogens with zero attached hydrogens (tertiary/aromatic N) is 3. The van der Waals surface area contributed by atoms with E-state index in [1.54, 1.807) is 18.0 Å². The Morgan fingerprint density at radius 2 is 1.81 bits per heavy atom. The molecule has 0 bridgehead atoms. The van der Waals surface area contributed by atoms with Crippen LogP contribution in [0.4, 0.5) is 0 Å². The summed E-state index contributed by atoms with van der Waals surface area (Å²) < 4.78 is 1.53. The van der Waals surface area contributed by atoms with Gasteiger partial charge in [-0.2, -0.15) is 9.78 Å². The number of rotatable bonds is 4. The zero-order chi connectivity index (χ0) is 18.6. The number of para-hydroxylation sites is 1. The first-order chi connectivity index (χ1) is 13.3. The van der Waals surface area contributed by atoms with Crippen LogP contribution >= 0.6 is 11.8 Å². The second-order valence-electron chi connectivity index (χ2n) is 6.96. The van der Waals surface area contributed by atoms with Gasteiger partial charge in [-0.3, -0.25) is 4.79 Å². The maximum atomic E-state index is 13.1. The summed E-state index contributed by atoms with van der Waals surface area (Å²) in [6.45, 7) is 0. The summed E-state index contributed by atoms with van der Waals surface area (Å²) in [6.07, 6.45) is 9.60. The van der Waals surface area contributed by atoms with Crippen LogP contribution in [0.1, 0.15) is 49.4 Å². The zero-order valence-electron chi connectivity index (χ0n) is 15.5. The highest BCUT2D eigenvalue weighted by Gasteiger charge is 2.22. The van der Waals surface area contributed by atoms with Crippen LogP contribution in [0.2, 0.25) is 0 Å². The largest absolute Gasteiger partial charge is 0.282 e. The van der Waals surface area contributed by atoms with Crippen molar-refractivity contribution in [3.05, 3.63) is 70.3 Å². The summed E-state index contributed by atoms with van der Waals surface area (Å²) in [4.78, 5) is 19.2. The van der Waals surface area contributed by atoms with Crippen LogP contribution in [0.3, 0.4) is 0 Å². The van der Waals surface area contributed by atoms with E-state index in [9.17, 15) is 4.79 Å². The fourth-order valence-electron chi connectivity index (χ4n) is 3.69. The fraction of sp³-hybridized carbons (Fsp3) is 0.318. The molecular formula is C22H23N3OS. The molecule has 1 saturated carbocycles. The molecule has 1 aliphatic carbocycles. The lowest BCUT2D eigenvalue weighted by atomic mass is 9.88. The van der Waals surface area contributed by atoms with Gasteiger partial charge in [0.05, 0.1) is 17.1 Å². The molecule has 0 saturated heterocycles. The van der Waals surface area contributed by atoms with Gasteiger partial charge in [0.1, 0.15) is 5.82 Å². The summed E-state index contributed by atoms with van der Waals surface area (Å²) in [5, 5.41) is 5.18. The Kier molecular flexibility index (Phi) is 5.39. The first-order valence-electron chi connectivity index (χ1n) is 9.46. The third kappa shape index (κ3) is 3.83. The van der Waals surface area contributed by atoms with Crippen LogP contribution in [0, 0.1) is 0 Å². The highest BCUT2D eigenvalue weighted by molar-refractivity contribution is 7.98. The van der Waals surface area contributed by atoms with E-state index in [1.807, 2.05) is 36.4 Å². The maximum Gasteiger partial charge on any atom is 0.282 e. The van der Waals surface area contributed by atoms with Crippen molar-refractivity contribution in [3.63, 3.8) is 0 Å². The smallest absolute Gasteiger partial charge is 0.267 e. The molecule has 0 radical (unpaired) electrons. The molecule has 0 N–H and O–H groups in total. The predicted molar refractivity (Wildman–Crippen MR) is 113 cm³/mol. The molecule has 1 heterocycles. The van der Waals surface area contributed by atoms with Gasteiger partial charge in [0, 0.05) is 10.8 Å². The van der Waals surface area contributed by atoms with Crippen molar-refractivity contribution in [2.45, 2.75) is 42.9 Å². The molecule has 0 aliphatic heterocycles. The number of benzene rings is 2. The molecule has 4 nitrogen and oxygen atoms in total. The van der Waals surface area contributed by atoms with E-state index < -0.39 is 0 Å². The van der Waals surface area contributed by atoms with E-state index in [4.69, 9.17) is 4.98 Å². The number of hydrogen-bond donors (Lipinski definition) is 0. The third-order valence-corrected chi connectivity index (χ3v) is 5.93. The van der Waals surface area contributed by atoms with Crippen LogP contribution in [-0.4, -0.2) is 22.1 Å². The number of aromatic nitrogens is 2. The van der Waals surface area contributed by atoms with Crippen molar-refractivity contribution >= 4 is 28.9 Å². The minimum absolute atomic E-state index is 0.0850. The van der Waals surface area contributed by atoms with Gasteiger partial charge in [-0.15, -0.1) is 11.8 Å². The average molecular weight is 378 g/mol. The molecule has 0 amide bonds. The minimum atomic E-state index is -0.0850. The minimum Gasteiger partial charge on any atom is -0.267 e. The molecule has 0 atom stereocenters. The second kappa shape index (κ2) is 8.09. The summed E-state index contributed by atoms with van der Waals surface area (Å²) >= 11 is 1.71. The summed E-state index contributed by atoms with van der Waals surface area (Å²) in [7, 11) is 0. The zero-order valence-corrected chi connectivity index (χ0v) is 16.3. The highest BCUT2D eigenvalue weighted by atomic mass is 32.2. The van der Waals surface area contributed by atoms with Crippen molar-refractivity contribution < 1.29 is 0 Å². The molecule has 5 heteroatoms. The van der Waals surface area contributed by atoms with Gasteiger partial charge in [-0.25, -0.2) is 4.98 Å². The highest BCUT2D eigenvalue weighted by Crippen LogP contribution is 2.31. The first-order valence-corrected chi connectivity index (χ1v) is 10.7. The lowest BCUT2D eigenvalue weighted by Crippen LogP contribution is -2.25. The standard InChI is InChI=1S/C22H23N3OS/c1-27-18-13-11-16(12-14-18)15-23-25-21(17-7-3-2-4-8-17)24-20-10-6-5-9-19(20)22(25)26/h5-6,9-15,17H,2-4,7-8H2,1H3. The molecule has 27 heavy (non-hydrogen) atoms. The summed E-state index contributed by atoms with van der Waals surface area (Å²) in [6, 6.07) is 15.7. The van der Waals surface area contributed by atoms with Crippen LogP contribution in [0.5, 0.6) is 0 Å².